The highest BCUT2D eigenvalue weighted by Gasteiger charge is 2.25. The van der Waals surface area contributed by atoms with Gasteiger partial charge in [-0.25, -0.2) is 4.57 Å². The Bertz CT molecular complexity index is 939. The molecular formula is C41H76NO8P. The zero-order valence-corrected chi connectivity index (χ0v) is 33.5. The Hall–Kier alpha value is -1.77. The maximum atomic E-state index is 12.5. The number of rotatable bonds is 38. The van der Waals surface area contributed by atoms with E-state index in [0.717, 1.165) is 70.6 Å². The fourth-order valence-electron chi connectivity index (χ4n) is 5.46. The van der Waals surface area contributed by atoms with Crippen LogP contribution < -0.4 is 5.73 Å². The van der Waals surface area contributed by atoms with Crippen LogP contribution in [0.25, 0.3) is 0 Å². The second-order valence-electron chi connectivity index (χ2n) is 13.5. The summed E-state index contributed by atoms with van der Waals surface area (Å²) < 4.78 is 32.5. The molecule has 0 aliphatic rings. The van der Waals surface area contributed by atoms with E-state index in [1.807, 2.05) is 0 Å². The van der Waals surface area contributed by atoms with Gasteiger partial charge in [-0.3, -0.25) is 18.6 Å². The zero-order chi connectivity index (χ0) is 37.5. The normalized spacial score (nSPS) is 13.7. The van der Waals surface area contributed by atoms with Crippen molar-refractivity contribution in [3.8, 4) is 0 Å². The second-order valence-corrected chi connectivity index (χ2v) is 15.0. The lowest BCUT2D eigenvalue weighted by atomic mass is 10.0. The summed E-state index contributed by atoms with van der Waals surface area (Å²) in [5.74, 6) is -0.847. The Labute approximate surface area is 312 Å². The van der Waals surface area contributed by atoms with Crippen molar-refractivity contribution in [2.24, 2.45) is 5.73 Å². The fourth-order valence-corrected chi connectivity index (χ4v) is 6.23. The van der Waals surface area contributed by atoms with Gasteiger partial charge in [-0.2, -0.15) is 0 Å². The van der Waals surface area contributed by atoms with Crippen LogP contribution in [0.3, 0.4) is 0 Å². The van der Waals surface area contributed by atoms with E-state index in [4.69, 9.17) is 24.3 Å². The number of phosphoric acid groups is 1. The van der Waals surface area contributed by atoms with Crippen LogP contribution >= 0.6 is 7.82 Å². The van der Waals surface area contributed by atoms with E-state index in [9.17, 15) is 19.0 Å². The molecule has 0 radical (unpaired) electrons. The third-order valence-electron chi connectivity index (χ3n) is 8.53. The van der Waals surface area contributed by atoms with Crippen LogP contribution in [0.4, 0.5) is 0 Å². The van der Waals surface area contributed by atoms with Crippen molar-refractivity contribution in [3.05, 3.63) is 36.5 Å². The van der Waals surface area contributed by atoms with Crippen LogP contribution in [0.15, 0.2) is 36.5 Å². The molecule has 298 valence electrons. The highest BCUT2D eigenvalue weighted by Crippen LogP contribution is 2.43. The molecule has 9 nitrogen and oxygen atoms in total. The molecule has 0 amide bonds. The van der Waals surface area contributed by atoms with Crippen molar-refractivity contribution in [2.75, 3.05) is 26.4 Å². The molecule has 0 bridgehead atoms. The van der Waals surface area contributed by atoms with Gasteiger partial charge in [-0.05, 0) is 51.4 Å². The van der Waals surface area contributed by atoms with E-state index in [1.165, 1.54) is 77.0 Å². The number of carbonyl (C=O) groups excluding carboxylic acids is 2. The summed E-state index contributed by atoms with van der Waals surface area (Å²) in [5.41, 5.74) is 5.32. The molecule has 3 N–H and O–H groups in total. The summed E-state index contributed by atoms with van der Waals surface area (Å²) in [6, 6.07) is 0. The van der Waals surface area contributed by atoms with Gasteiger partial charge in [0.05, 0.1) is 13.2 Å². The number of hydrogen-bond donors (Lipinski definition) is 2. The average molecular weight is 742 g/mol. The molecule has 0 aromatic heterocycles. The van der Waals surface area contributed by atoms with Gasteiger partial charge in [-0.15, -0.1) is 0 Å². The Morgan fingerprint density at radius 2 is 1.02 bits per heavy atom. The van der Waals surface area contributed by atoms with Gasteiger partial charge >= 0.3 is 19.8 Å². The molecule has 10 heteroatoms. The maximum Gasteiger partial charge on any atom is 0.472 e. The Morgan fingerprint density at radius 3 is 1.51 bits per heavy atom. The molecule has 0 aromatic carbocycles. The lowest BCUT2D eigenvalue weighted by Crippen LogP contribution is -2.29. The Kier molecular flexibility index (Phi) is 36.7. The Balaban J connectivity index is 3.95. The van der Waals surface area contributed by atoms with Crippen LogP contribution in [0, 0.1) is 0 Å². The first-order valence-corrected chi connectivity index (χ1v) is 22.0. The average Bonchev–Trinajstić information content (AvgIpc) is 3.11. The third kappa shape index (κ3) is 37.8. The van der Waals surface area contributed by atoms with Crippen molar-refractivity contribution in [1.29, 1.82) is 0 Å². The van der Waals surface area contributed by atoms with Crippen molar-refractivity contribution in [3.63, 3.8) is 0 Å². The predicted octanol–water partition coefficient (Wildman–Crippen LogP) is 11.4. The second kappa shape index (κ2) is 38.0. The molecule has 0 aliphatic carbocycles. The minimum atomic E-state index is -4.36. The first-order chi connectivity index (χ1) is 24.8. The molecule has 0 saturated heterocycles. The fraction of sp³-hybridized carbons (Fsp3) is 0.805. The van der Waals surface area contributed by atoms with Gasteiger partial charge in [0, 0.05) is 19.4 Å². The number of phosphoric ester groups is 1. The highest BCUT2D eigenvalue weighted by atomic mass is 31.2. The predicted molar refractivity (Wildman–Crippen MR) is 210 cm³/mol. The van der Waals surface area contributed by atoms with Crippen LogP contribution in [0.1, 0.15) is 181 Å². The quantitative estimate of drug-likeness (QED) is 0.0274. The van der Waals surface area contributed by atoms with Crippen molar-refractivity contribution in [2.45, 2.75) is 187 Å². The number of esters is 2. The van der Waals surface area contributed by atoms with Crippen LogP contribution in [-0.2, 0) is 32.7 Å². The van der Waals surface area contributed by atoms with Gasteiger partial charge in [0.25, 0.3) is 0 Å². The van der Waals surface area contributed by atoms with Crippen molar-refractivity contribution in [1.82, 2.24) is 0 Å². The SMILES string of the molecule is CCCCCCC/C=C\C/C=C\C/C=C\CCCCCCCCCCCCC(=O)OC(COC(=O)CCCCCCC)COP(=O)(O)OCCN. The smallest absolute Gasteiger partial charge is 0.462 e. The number of nitrogens with two attached hydrogens (primary N) is 1. The summed E-state index contributed by atoms with van der Waals surface area (Å²) in [6.45, 7) is 3.61. The van der Waals surface area contributed by atoms with E-state index in [2.05, 4.69) is 50.3 Å². The number of unbranched alkanes of at least 4 members (excludes halogenated alkanes) is 19. The minimum Gasteiger partial charge on any atom is -0.462 e. The summed E-state index contributed by atoms with van der Waals surface area (Å²) in [4.78, 5) is 34.4. The van der Waals surface area contributed by atoms with Crippen LogP contribution in [0.2, 0.25) is 0 Å². The molecule has 0 aromatic rings. The Morgan fingerprint density at radius 1 is 0.588 bits per heavy atom. The molecule has 0 fully saturated rings. The molecule has 0 rings (SSSR count). The topological polar surface area (TPSA) is 134 Å². The van der Waals surface area contributed by atoms with E-state index in [-0.39, 0.29) is 32.6 Å². The molecule has 0 aliphatic heterocycles. The van der Waals surface area contributed by atoms with E-state index >= 15 is 0 Å². The number of carbonyl (C=O) groups is 2. The van der Waals surface area contributed by atoms with Crippen molar-refractivity contribution < 1.29 is 37.6 Å². The van der Waals surface area contributed by atoms with Gasteiger partial charge in [0.15, 0.2) is 6.10 Å². The number of hydrogen-bond acceptors (Lipinski definition) is 8. The lowest BCUT2D eigenvalue weighted by molar-refractivity contribution is -0.161. The largest absolute Gasteiger partial charge is 0.472 e. The molecule has 51 heavy (non-hydrogen) atoms. The van der Waals surface area contributed by atoms with Crippen LogP contribution in [-0.4, -0.2) is 49.3 Å². The van der Waals surface area contributed by atoms with Crippen molar-refractivity contribution >= 4 is 19.8 Å². The van der Waals surface area contributed by atoms with E-state index in [1.54, 1.807) is 0 Å². The summed E-state index contributed by atoms with van der Waals surface area (Å²) in [7, 11) is -4.36. The van der Waals surface area contributed by atoms with Gasteiger partial charge in [0.1, 0.15) is 6.61 Å². The van der Waals surface area contributed by atoms with E-state index < -0.39 is 32.5 Å². The molecule has 2 atom stereocenters. The molecular weight excluding hydrogens is 665 g/mol. The summed E-state index contributed by atoms with van der Waals surface area (Å²) in [6.07, 6.45) is 40.8. The maximum absolute atomic E-state index is 12.5. The number of ether oxygens (including phenoxy) is 2. The monoisotopic (exact) mass is 742 g/mol. The zero-order valence-electron chi connectivity index (χ0n) is 32.6. The standard InChI is InChI=1S/C41H76NO8P/c1-3-5-7-9-10-11-12-13-14-15-16-17-18-19-20-21-22-23-24-25-26-27-28-30-32-34-41(44)50-39(38-49-51(45,46)48-36-35-42)37-47-40(43)33-31-29-8-6-4-2/h12-13,15-16,18-19,39H,3-11,14,17,20-38,42H2,1-2H3,(H,45,46)/b13-12-,16-15-,19-18-. The summed E-state index contributed by atoms with van der Waals surface area (Å²) >= 11 is 0. The molecule has 2 unspecified atom stereocenters. The minimum absolute atomic E-state index is 0.0526. The number of allylic oxidation sites excluding steroid dienone is 6. The lowest BCUT2D eigenvalue weighted by Gasteiger charge is -2.19. The van der Waals surface area contributed by atoms with Gasteiger partial charge < -0.3 is 20.1 Å². The van der Waals surface area contributed by atoms with Crippen LogP contribution in [0.5, 0.6) is 0 Å². The summed E-state index contributed by atoms with van der Waals surface area (Å²) in [5, 5.41) is 0. The molecule has 0 saturated carbocycles. The molecule has 0 heterocycles. The third-order valence-corrected chi connectivity index (χ3v) is 9.51. The first-order valence-electron chi connectivity index (χ1n) is 20.5. The highest BCUT2D eigenvalue weighted by molar-refractivity contribution is 7.47. The van der Waals surface area contributed by atoms with Gasteiger partial charge in [0.2, 0.25) is 0 Å². The van der Waals surface area contributed by atoms with E-state index in [0.29, 0.717) is 6.42 Å². The molecule has 0 spiro atoms. The van der Waals surface area contributed by atoms with Gasteiger partial charge in [-0.1, -0.05) is 153 Å². The first kappa shape index (κ1) is 49.2.